The fourth-order valence-corrected chi connectivity index (χ4v) is 2.26. The van der Waals surface area contributed by atoms with E-state index < -0.39 is 0 Å². The lowest BCUT2D eigenvalue weighted by Gasteiger charge is -2.16. The second kappa shape index (κ2) is 6.53. The highest BCUT2D eigenvalue weighted by Crippen LogP contribution is 2.24. The number of phenolic OH excluding ortho intramolecular Hbond substituents is 1. The van der Waals surface area contributed by atoms with Gasteiger partial charge in [0.2, 0.25) is 0 Å². The minimum absolute atomic E-state index is 0.0293. The number of hydrogen-bond acceptors (Lipinski definition) is 2. The van der Waals surface area contributed by atoms with Gasteiger partial charge in [0, 0.05) is 11.6 Å². The largest absolute Gasteiger partial charge is 0.508 e. The molecular weight excluding hydrogens is 253 g/mol. The fraction of sp³-hybridized carbons (Fsp3) is 0.294. The minimum atomic E-state index is -0.166. The highest BCUT2D eigenvalue weighted by molar-refractivity contribution is 5.37. The van der Waals surface area contributed by atoms with Crippen LogP contribution in [0.1, 0.15) is 29.7 Å². The number of benzene rings is 2. The van der Waals surface area contributed by atoms with Crippen LogP contribution >= 0.6 is 0 Å². The smallest absolute Gasteiger partial charge is 0.126 e. The maximum absolute atomic E-state index is 13.5. The van der Waals surface area contributed by atoms with E-state index in [1.165, 1.54) is 6.07 Å². The van der Waals surface area contributed by atoms with E-state index in [0.29, 0.717) is 24.3 Å². The first-order valence-electron chi connectivity index (χ1n) is 6.84. The monoisotopic (exact) mass is 273 g/mol. The molecule has 0 amide bonds. The molecule has 0 spiro atoms. The molecule has 1 unspecified atom stereocenters. The Bertz CT molecular complexity index is 583. The summed E-state index contributed by atoms with van der Waals surface area (Å²) in [6.45, 7) is 4.65. The zero-order valence-electron chi connectivity index (χ0n) is 11.9. The van der Waals surface area contributed by atoms with Crippen LogP contribution in [0.4, 0.5) is 4.39 Å². The van der Waals surface area contributed by atoms with E-state index in [0.717, 1.165) is 11.1 Å². The molecule has 2 aromatic rings. The molecule has 0 radical (unpaired) electrons. The van der Waals surface area contributed by atoms with Crippen molar-refractivity contribution in [1.82, 2.24) is 5.32 Å². The first kappa shape index (κ1) is 14.5. The van der Waals surface area contributed by atoms with Crippen molar-refractivity contribution >= 4 is 0 Å². The third kappa shape index (κ3) is 3.58. The third-order valence-electron chi connectivity index (χ3n) is 3.45. The van der Waals surface area contributed by atoms with Crippen molar-refractivity contribution in [3.8, 4) is 5.75 Å². The Morgan fingerprint density at radius 3 is 2.70 bits per heavy atom. The molecule has 0 aliphatic rings. The molecule has 2 nitrogen and oxygen atoms in total. The molecule has 0 saturated carbocycles. The predicted octanol–water partition coefficient (Wildman–Crippen LogP) is 3.73. The van der Waals surface area contributed by atoms with Crippen LogP contribution in [0.25, 0.3) is 0 Å². The number of aryl methyl sites for hydroxylation is 1. The van der Waals surface area contributed by atoms with Gasteiger partial charge in [0.05, 0.1) is 0 Å². The molecular formula is C17H20FNO. The Morgan fingerprint density at radius 1 is 1.20 bits per heavy atom. The second-order valence-electron chi connectivity index (χ2n) is 5.08. The molecule has 106 valence electrons. The molecule has 0 heterocycles. The molecule has 0 bridgehead atoms. The zero-order valence-corrected chi connectivity index (χ0v) is 11.9. The van der Waals surface area contributed by atoms with Crippen LogP contribution in [-0.2, 0) is 6.42 Å². The van der Waals surface area contributed by atoms with Gasteiger partial charge in [0.1, 0.15) is 11.6 Å². The first-order chi connectivity index (χ1) is 9.58. The standard InChI is InChI=1S/C17H20FNO/c1-12-7-8-17(20)15(11-12)13(2)19-10-9-14-5-3-4-6-16(14)18/h3-8,11,13,19-20H,9-10H2,1-2H3. The van der Waals surface area contributed by atoms with Gasteiger partial charge in [-0.05, 0) is 44.5 Å². The quantitative estimate of drug-likeness (QED) is 0.870. The second-order valence-corrected chi connectivity index (χ2v) is 5.08. The topological polar surface area (TPSA) is 32.3 Å². The third-order valence-corrected chi connectivity index (χ3v) is 3.45. The average molecular weight is 273 g/mol. The SMILES string of the molecule is Cc1ccc(O)c(C(C)NCCc2ccccc2F)c1. The van der Waals surface area contributed by atoms with Crippen molar-refractivity contribution in [1.29, 1.82) is 0 Å². The average Bonchev–Trinajstić information content (AvgIpc) is 2.43. The lowest BCUT2D eigenvalue weighted by Crippen LogP contribution is -2.21. The molecule has 0 saturated heterocycles. The van der Waals surface area contributed by atoms with Crippen molar-refractivity contribution in [2.45, 2.75) is 26.3 Å². The van der Waals surface area contributed by atoms with Crippen LogP contribution in [0.2, 0.25) is 0 Å². The molecule has 2 aromatic carbocycles. The summed E-state index contributed by atoms with van der Waals surface area (Å²) in [4.78, 5) is 0. The van der Waals surface area contributed by atoms with Gasteiger partial charge in [0.15, 0.2) is 0 Å². The highest BCUT2D eigenvalue weighted by atomic mass is 19.1. The summed E-state index contributed by atoms with van der Waals surface area (Å²) < 4.78 is 13.5. The molecule has 20 heavy (non-hydrogen) atoms. The van der Waals surface area contributed by atoms with Gasteiger partial charge in [-0.3, -0.25) is 0 Å². The van der Waals surface area contributed by atoms with E-state index in [1.54, 1.807) is 18.2 Å². The Morgan fingerprint density at radius 2 is 1.95 bits per heavy atom. The molecule has 2 N–H and O–H groups in total. The lowest BCUT2D eigenvalue weighted by atomic mass is 10.0. The van der Waals surface area contributed by atoms with E-state index in [-0.39, 0.29) is 11.9 Å². The van der Waals surface area contributed by atoms with Gasteiger partial charge in [-0.2, -0.15) is 0 Å². The van der Waals surface area contributed by atoms with E-state index >= 15 is 0 Å². The Balaban J connectivity index is 1.94. The van der Waals surface area contributed by atoms with E-state index in [4.69, 9.17) is 0 Å². The van der Waals surface area contributed by atoms with Crippen LogP contribution in [-0.4, -0.2) is 11.7 Å². The number of phenols is 1. The van der Waals surface area contributed by atoms with Crippen molar-refractivity contribution in [3.05, 3.63) is 65.0 Å². The number of rotatable bonds is 5. The van der Waals surface area contributed by atoms with Gasteiger partial charge in [-0.25, -0.2) is 4.39 Å². The predicted molar refractivity (Wildman–Crippen MR) is 79.4 cm³/mol. The van der Waals surface area contributed by atoms with Gasteiger partial charge in [0.25, 0.3) is 0 Å². The number of hydrogen-bond donors (Lipinski definition) is 2. The van der Waals surface area contributed by atoms with Crippen LogP contribution < -0.4 is 5.32 Å². The summed E-state index contributed by atoms with van der Waals surface area (Å²) in [6.07, 6.45) is 0.629. The Hall–Kier alpha value is -1.87. The van der Waals surface area contributed by atoms with Crippen molar-refractivity contribution in [2.24, 2.45) is 0 Å². The first-order valence-corrected chi connectivity index (χ1v) is 6.84. The molecule has 0 aromatic heterocycles. The van der Waals surface area contributed by atoms with Gasteiger partial charge in [-0.1, -0.05) is 35.9 Å². The van der Waals surface area contributed by atoms with Crippen LogP contribution in [0.3, 0.4) is 0 Å². The maximum atomic E-state index is 13.5. The lowest BCUT2D eigenvalue weighted by molar-refractivity contribution is 0.452. The summed E-state index contributed by atoms with van der Waals surface area (Å²) in [5.74, 6) is 0.127. The normalized spacial score (nSPS) is 12.3. The van der Waals surface area contributed by atoms with Gasteiger partial charge >= 0.3 is 0 Å². The summed E-state index contributed by atoms with van der Waals surface area (Å²) in [5, 5.41) is 13.2. The number of nitrogens with one attached hydrogen (secondary N) is 1. The number of aromatic hydroxyl groups is 1. The summed E-state index contributed by atoms with van der Waals surface area (Å²) in [5.41, 5.74) is 2.69. The van der Waals surface area contributed by atoms with Crippen LogP contribution in [0.15, 0.2) is 42.5 Å². The Labute approximate surface area is 119 Å². The van der Waals surface area contributed by atoms with Crippen molar-refractivity contribution < 1.29 is 9.50 Å². The van der Waals surface area contributed by atoms with Crippen molar-refractivity contribution in [2.75, 3.05) is 6.54 Å². The molecule has 0 aliphatic carbocycles. The van der Waals surface area contributed by atoms with E-state index in [2.05, 4.69) is 5.32 Å². The maximum Gasteiger partial charge on any atom is 0.126 e. The van der Waals surface area contributed by atoms with Crippen LogP contribution in [0, 0.1) is 12.7 Å². The molecule has 1 atom stereocenters. The minimum Gasteiger partial charge on any atom is -0.508 e. The molecule has 0 fully saturated rings. The summed E-state index contributed by atoms with van der Waals surface area (Å²) >= 11 is 0. The summed E-state index contributed by atoms with van der Waals surface area (Å²) in [6, 6.07) is 12.4. The van der Waals surface area contributed by atoms with Crippen LogP contribution in [0.5, 0.6) is 5.75 Å². The summed E-state index contributed by atoms with van der Waals surface area (Å²) in [7, 11) is 0. The van der Waals surface area contributed by atoms with Gasteiger partial charge in [-0.15, -0.1) is 0 Å². The zero-order chi connectivity index (χ0) is 14.5. The van der Waals surface area contributed by atoms with Gasteiger partial charge < -0.3 is 10.4 Å². The fourth-order valence-electron chi connectivity index (χ4n) is 2.26. The van der Waals surface area contributed by atoms with Crippen molar-refractivity contribution in [3.63, 3.8) is 0 Å². The highest BCUT2D eigenvalue weighted by Gasteiger charge is 2.10. The van der Waals surface area contributed by atoms with E-state index in [9.17, 15) is 9.50 Å². The number of halogens is 1. The molecule has 0 aliphatic heterocycles. The molecule has 2 rings (SSSR count). The van der Waals surface area contributed by atoms with E-state index in [1.807, 2.05) is 32.0 Å². The Kier molecular flexibility index (Phi) is 4.74. The molecule has 3 heteroatoms.